The maximum absolute atomic E-state index is 11.7. The first-order chi connectivity index (χ1) is 9.76. The van der Waals surface area contributed by atoms with Crippen LogP contribution in [-0.2, 0) is 16.7 Å². The summed E-state index contributed by atoms with van der Waals surface area (Å²) in [6.45, 7) is 2.86. The molecule has 1 rings (SSSR count). The van der Waals surface area contributed by atoms with E-state index in [0.29, 0.717) is 13.0 Å². The summed E-state index contributed by atoms with van der Waals surface area (Å²) < 4.78 is 0. The molecule has 0 radical (unpaired) electrons. The number of carbonyl (C=O) groups excluding carboxylic acids is 1. The van der Waals surface area contributed by atoms with E-state index in [0.717, 1.165) is 17.3 Å². The Morgan fingerprint density at radius 1 is 1.00 bits per heavy atom. The van der Waals surface area contributed by atoms with Crippen molar-refractivity contribution < 1.29 is 4.79 Å². The Balaban J connectivity index is 2.10. The number of unbranched alkanes of at least 4 members (excludes halogenated alkanes) is 5. The predicted molar refractivity (Wildman–Crippen MR) is 88.9 cm³/mol. The molecular formula is C17H26BrNO. The molecule has 0 atom stereocenters. The molecule has 0 saturated heterocycles. The fraction of sp³-hybridized carbons (Fsp3) is 0.588. The van der Waals surface area contributed by atoms with Gasteiger partial charge in [0, 0.05) is 18.3 Å². The summed E-state index contributed by atoms with van der Waals surface area (Å²) in [6.07, 6.45) is 8.00. The zero-order valence-corrected chi connectivity index (χ0v) is 14.0. The maximum Gasteiger partial charge on any atom is 0.220 e. The first-order valence-corrected chi connectivity index (χ1v) is 8.79. The molecule has 0 spiro atoms. The van der Waals surface area contributed by atoms with Gasteiger partial charge in [0.25, 0.3) is 0 Å². The highest BCUT2D eigenvalue weighted by Gasteiger charge is 2.01. The van der Waals surface area contributed by atoms with Gasteiger partial charge in [0.15, 0.2) is 0 Å². The van der Waals surface area contributed by atoms with E-state index in [1.165, 1.54) is 37.7 Å². The third kappa shape index (κ3) is 7.68. The predicted octanol–water partition coefficient (Wildman–Crippen LogP) is 4.95. The van der Waals surface area contributed by atoms with Crippen LogP contribution >= 0.6 is 15.9 Å². The van der Waals surface area contributed by atoms with E-state index in [1.807, 2.05) is 0 Å². The van der Waals surface area contributed by atoms with Crippen LogP contribution in [0.3, 0.4) is 0 Å². The van der Waals surface area contributed by atoms with E-state index in [4.69, 9.17) is 0 Å². The summed E-state index contributed by atoms with van der Waals surface area (Å²) >= 11 is 3.43. The van der Waals surface area contributed by atoms with Crippen molar-refractivity contribution in [2.75, 3.05) is 0 Å². The highest BCUT2D eigenvalue weighted by molar-refractivity contribution is 9.08. The van der Waals surface area contributed by atoms with Gasteiger partial charge in [-0.3, -0.25) is 4.79 Å². The molecule has 0 fully saturated rings. The number of amides is 1. The van der Waals surface area contributed by atoms with Crippen molar-refractivity contribution in [2.45, 2.75) is 63.7 Å². The lowest BCUT2D eigenvalue weighted by Gasteiger charge is -2.06. The number of hydrogen-bond donors (Lipinski definition) is 1. The monoisotopic (exact) mass is 339 g/mol. The second-order valence-corrected chi connectivity index (χ2v) is 5.81. The molecule has 112 valence electrons. The Labute approximate surface area is 131 Å². The summed E-state index contributed by atoms with van der Waals surface area (Å²) in [7, 11) is 0. The third-order valence-electron chi connectivity index (χ3n) is 3.42. The van der Waals surface area contributed by atoms with Gasteiger partial charge in [-0.05, 0) is 17.5 Å². The smallest absolute Gasteiger partial charge is 0.220 e. The average molecular weight is 340 g/mol. The minimum absolute atomic E-state index is 0.171. The van der Waals surface area contributed by atoms with E-state index in [1.54, 1.807) is 0 Å². The molecule has 1 amide bonds. The van der Waals surface area contributed by atoms with Crippen LogP contribution < -0.4 is 5.32 Å². The molecule has 0 heterocycles. The standard InChI is InChI=1S/C17H26BrNO/c1-2-3-4-5-6-7-8-17(20)19-14-16-11-9-15(13-18)10-12-16/h9-12H,2-8,13-14H2,1H3,(H,19,20). The lowest BCUT2D eigenvalue weighted by atomic mass is 10.1. The zero-order chi connectivity index (χ0) is 14.6. The number of rotatable bonds is 10. The van der Waals surface area contributed by atoms with Crippen molar-refractivity contribution in [1.82, 2.24) is 5.32 Å². The summed E-state index contributed by atoms with van der Waals surface area (Å²) in [6, 6.07) is 8.32. The van der Waals surface area contributed by atoms with Crippen LogP contribution in [0.15, 0.2) is 24.3 Å². The lowest BCUT2D eigenvalue weighted by molar-refractivity contribution is -0.121. The van der Waals surface area contributed by atoms with Crippen molar-refractivity contribution in [1.29, 1.82) is 0 Å². The quantitative estimate of drug-likeness (QED) is 0.474. The zero-order valence-electron chi connectivity index (χ0n) is 12.5. The number of alkyl halides is 1. The second kappa shape index (κ2) is 10.9. The molecule has 0 bridgehead atoms. The topological polar surface area (TPSA) is 29.1 Å². The van der Waals surface area contributed by atoms with Gasteiger partial charge < -0.3 is 5.32 Å². The van der Waals surface area contributed by atoms with Crippen molar-refractivity contribution in [3.8, 4) is 0 Å². The highest BCUT2D eigenvalue weighted by atomic mass is 79.9. The Morgan fingerprint density at radius 2 is 1.60 bits per heavy atom. The van der Waals surface area contributed by atoms with Gasteiger partial charge in [-0.1, -0.05) is 79.2 Å². The molecule has 2 nitrogen and oxygen atoms in total. The fourth-order valence-corrected chi connectivity index (χ4v) is 2.47. The van der Waals surface area contributed by atoms with Gasteiger partial charge in [-0.2, -0.15) is 0 Å². The van der Waals surface area contributed by atoms with Crippen LogP contribution in [0.5, 0.6) is 0 Å². The van der Waals surface area contributed by atoms with Gasteiger partial charge in [-0.25, -0.2) is 0 Å². The highest BCUT2D eigenvalue weighted by Crippen LogP contribution is 2.09. The molecule has 0 unspecified atom stereocenters. The number of halogens is 1. The maximum atomic E-state index is 11.7. The third-order valence-corrected chi connectivity index (χ3v) is 4.07. The SMILES string of the molecule is CCCCCCCCC(=O)NCc1ccc(CBr)cc1. The molecule has 1 aromatic carbocycles. The molecule has 20 heavy (non-hydrogen) atoms. The van der Waals surface area contributed by atoms with Crippen molar-refractivity contribution >= 4 is 21.8 Å². The van der Waals surface area contributed by atoms with Gasteiger partial charge in [-0.15, -0.1) is 0 Å². The largest absolute Gasteiger partial charge is 0.352 e. The molecule has 0 aliphatic carbocycles. The Kier molecular flexibility index (Phi) is 9.38. The summed E-state index contributed by atoms with van der Waals surface area (Å²) in [4.78, 5) is 11.7. The lowest BCUT2D eigenvalue weighted by Crippen LogP contribution is -2.22. The van der Waals surface area contributed by atoms with Crippen LogP contribution in [-0.4, -0.2) is 5.91 Å². The van der Waals surface area contributed by atoms with Crippen molar-refractivity contribution in [3.05, 3.63) is 35.4 Å². The van der Waals surface area contributed by atoms with Crippen LogP contribution in [0.2, 0.25) is 0 Å². The fourth-order valence-electron chi connectivity index (χ4n) is 2.10. The Bertz CT molecular complexity index is 375. The van der Waals surface area contributed by atoms with Crippen LogP contribution in [0.4, 0.5) is 0 Å². The van der Waals surface area contributed by atoms with Gasteiger partial charge >= 0.3 is 0 Å². The van der Waals surface area contributed by atoms with E-state index in [2.05, 4.69) is 52.4 Å². The van der Waals surface area contributed by atoms with E-state index in [9.17, 15) is 4.79 Å². The number of carbonyl (C=O) groups is 1. The minimum atomic E-state index is 0.171. The van der Waals surface area contributed by atoms with Crippen LogP contribution in [0.1, 0.15) is 63.0 Å². The molecular weight excluding hydrogens is 314 g/mol. The van der Waals surface area contributed by atoms with Gasteiger partial charge in [0.1, 0.15) is 0 Å². The van der Waals surface area contributed by atoms with Gasteiger partial charge in [0.2, 0.25) is 5.91 Å². The van der Waals surface area contributed by atoms with E-state index < -0.39 is 0 Å². The first kappa shape index (κ1) is 17.2. The normalized spacial score (nSPS) is 10.5. The van der Waals surface area contributed by atoms with Gasteiger partial charge in [0.05, 0.1) is 0 Å². The molecule has 1 N–H and O–H groups in total. The first-order valence-electron chi connectivity index (χ1n) is 7.66. The van der Waals surface area contributed by atoms with Crippen LogP contribution in [0, 0.1) is 0 Å². The average Bonchev–Trinajstić information content (AvgIpc) is 2.49. The van der Waals surface area contributed by atoms with E-state index in [-0.39, 0.29) is 5.91 Å². The molecule has 1 aromatic rings. The molecule has 0 aromatic heterocycles. The minimum Gasteiger partial charge on any atom is -0.352 e. The Morgan fingerprint density at radius 3 is 2.25 bits per heavy atom. The summed E-state index contributed by atoms with van der Waals surface area (Å²) in [5.74, 6) is 0.171. The van der Waals surface area contributed by atoms with E-state index >= 15 is 0 Å². The number of hydrogen-bond acceptors (Lipinski definition) is 1. The Hall–Kier alpha value is -0.830. The summed E-state index contributed by atoms with van der Waals surface area (Å²) in [5, 5.41) is 3.86. The summed E-state index contributed by atoms with van der Waals surface area (Å²) in [5.41, 5.74) is 2.41. The molecule has 0 saturated carbocycles. The molecule has 0 aliphatic rings. The second-order valence-electron chi connectivity index (χ2n) is 5.24. The van der Waals surface area contributed by atoms with Crippen molar-refractivity contribution in [3.63, 3.8) is 0 Å². The van der Waals surface area contributed by atoms with Crippen LogP contribution in [0.25, 0.3) is 0 Å². The number of benzene rings is 1. The molecule has 3 heteroatoms. The van der Waals surface area contributed by atoms with Crippen molar-refractivity contribution in [2.24, 2.45) is 0 Å². The number of nitrogens with one attached hydrogen (secondary N) is 1. The molecule has 0 aliphatic heterocycles.